The van der Waals surface area contributed by atoms with Gasteiger partial charge in [0.1, 0.15) is 5.69 Å². The molecule has 0 radical (unpaired) electrons. The molecule has 2 aromatic rings. The third-order valence-corrected chi connectivity index (χ3v) is 6.09. The Morgan fingerprint density at radius 2 is 1.72 bits per heavy atom. The fourth-order valence-corrected chi connectivity index (χ4v) is 4.34. The number of rotatable bonds is 5. The molecule has 1 heterocycles. The molecule has 3 rings (SSSR count). The monoisotopic (exact) mass is 361 g/mol. The van der Waals surface area contributed by atoms with Crippen LogP contribution >= 0.6 is 0 Å². The summed E-state index contributed by atoms with van der Waals surface area (Å²) >= 11 is 0. The quantitative estimate of drug-likeness (QED) is 0.650. The first kappa shape index (κ1) is 17.4. The molecule has 2 aromatic carbocycles. The van der Waals surface area contributed by atoms with Crippen LogP contribution in [0.2, 0.25) is 0 Å². The molecule has 1 fully saturated rings. The predicted molar refractivity (Wildman–Crippen MR) is 95.6 cm³/mol. The van der Waals surface area contributed by atoms with Crippen molar-refractivity contribution in [2.75, 3.05) is 18.4 Å². The Bertz CT molecular complexity index is 889. The Kier molecular flexibility index (Phi) is 4.73. The maximum atomic E-state index is 12.6. The lowest BCUT2D eigenvalue weighted by Crippen LogP contribution is -2.27. The van der Waals surface area contributed by atoms with Crippen molar-refractivity contribution in [3.63, 3.8) is 0 Å². The van der Waals surface area contributed by atoms with Crippen LogP contribution in [0.4, 0.5) is 17.1 Å². The first-order valence-corrected chi connectivity index (χ1v) is 9.44. The number of nitrogens with one attached hydrogen (secondary N) is 1. The number of nitro groups is 1. The van der Waals surface area contributed by atoms with Crippen LogP contribution in [0.5, 0.6) is 0 Å². The van der Waals surface area contributed by atoms with E-state index in [2.05, 4.69) is 5.32 Å². The average molecular weight is 361 g/mol. The largest absolute Gasteiger partial charge is 0.350 e. The number of benzene rings is 2. The molecular formula is C17H19N3O4S. The van der Waals surface area contributed by atoms with Gasteiger partial charge in [-0.25, -0.2) is 8.42 Å². The highest BCUT2D eigenvalue weighted by Crippen LogP contribution is 2.32. The van der Waals surface area contributed by atoms with Gasteiger partial charge in [0.2, 0.25) is 10.0 Å². The number of anilines is 2. The number of nitro benzene ring substituents is 1. The molecule has 8 heteroatoms. The van der Waals surface area contributed by atoms with E-state index in [-0.39, 0.29) is 16.3 Å². The molecule has 0 aliphatic carbocycles. The lowest BCUT2D eigenvalue weighted by atomic mass is 10.2. The molecule has 0 spiro atoms. The van der Waals surface area contributed by atoms with E-state index in [0.29, 0.717) is 18.8 Å². The highest BCUT2D eigenvalue weighted by atomic mass is 32.2. The Morgan fingerprint density at radius 3 is 2.32 bits per heavy atom. The molecule has 1 aliphatic heterocycles. The lowest BCUT2D eigenvalue weighted by molar-refractivity contribution is -0.384. The van der Waals surface area contributed by atoms with Crippen molar-refractivity contribution in [3.05, 3.63) is 58.1 Å². The van der Waals surface area contributed by atoms with E-state index in [1.54, 1.807) is 0 Å². The third kappa shape index (κ3) is 3.64. The van der Waals surface area contributed by atoms with Gasteiger partial charge < -0.3 is 5.32 Å². The fourth-order valence-electron chi connectivity index (χ4n) is 2.80. The van der Waals surface area contributed by atoms with E-state index in [4.69, 9.17) is 0 Å². The van der Waals surface area contributed by atoms with Gasteiger partial charge in [-0.05, 0) is 44.0 Å². The number of sulfonamides is 1. The van der Waals surface area contributed by atoms with Crippen LogP contribution in [0.25, 0.3) is 0 Å². The summed E-state index contributed by atoms with van der Waals surface area (Å²) < 4.78 is 26.6. The zero-order valence-corrected chi connectivity index (χ0v) is 14.6. The first-order chi connectivity index (χ1) is 11.9. The Labute approximate surface area is 146 Å². The van der Waals surface area contributed by atoms with Crippen molar-refractivity contribution in [3.8, 4) is 0 Å². The van der Waals surface area contributed by atoms with Gasteiger partial charge in [-0.1, -0.05) is 17.7 Å². The minimum atomic E-state index is -3.69. The summed E-state index contributed by atoms with van der Waals surface area (Å²) in [6, 6.07) is 11.4. The lowest BCUT2D eigenvalue weighted by Gasteiger charge is -2.16. The van der Waals surface area contributed by atoms with Crippen LogP contribution in [-0.4, -0.2) is 30.7 Å². The zero-order chi connectivity index (χ0) is 18.0. The van der Waals surface area contributed by atoms with E-state index in [1.807, 2.05) is 31.2 Å². The number of hydrogen-bond acceptors (Lipinski definition) is 5. The molecule has 0 bridgehead atoms. The maximum Gasteiger partial charge on any atom is 0.294 e. The fraction of sp³-hybridized carbons (Fsp3) is 0.294. The van der Waals surface area contributed by atoms with Crippen LogP contribution in [0.15, 0.2) is 47.4 Å². The zero-order valence-electron chi connectivity index (χ0n) is 13.8. The van der Waals surface area contributed by atoms with Crippen molar-refractivity contribution in [1.29, 1.82) is 0 Å². The molecule has 1 N–H and O–H groups in total. The minimum absolute atomic E-state index is 0.0458. The van der Waals surface area contributed by atoms with E-state index in [1.165, 1.54) is 16.4 Å². The van der Waals surface area contributed by atoms with Crippen molar-refractivity contribution < 1.29 is 13.3 Å². The molecule has 1 saturated heterocycles. The topological polar surface area (TPSA) is 92.6 Å². The van der Waals surface area contributed by atoms with Crippen molar-refractivity contribution in [2.45, 2.75) is 24.7 Å². The molecule has 1 aliphatic rings. The van der Waals surface area contributed by atoms with Gasteiger partial charge in [-0.2, -0.15) is 4.31 Å². The second kappa shape index (κ2) is 6.81. The van der Waals surface area contributed by atoms with Crippen molar-refractivity contribution >= 4 is 27.1 Å². The predicted octanol–water partition coefficient (Wildman–Crippen LogP) is 3.43. The van der Waals surface area contributed by atoms with Crippen LogP contribution in [0.1, 0.15) is 18.4 Å². The Hall–Kier alpha value is -2.45. The molecule has 0 aromatic heterocycles. The normalized spacial score (nSPS) is 15.2. The number of aryl methyl sites for hydroxylation is 1. The molecule has 0 atom stereocenters. The summed E-state index contributed by atoms with van der Waals surface area (Å²) in [5, 5.41) is 14.4. The second-order valence-electron chi connectivity index (χ2n) is 6.04. The van der Waals surface area contributed by atoms with E-state index in [9.17, 15) is 18.5 Å². The first-order valence-electron chi connectivity index (χ1n) is 8.00. The van der Waals surface area contributed by atoms with Crippen molar-refractivity contribution in [2.24, 2.45) is 0 Å². The SMILES string of the molecule is Cc1ccc(Nc2ccc(S(=O)(=O)N3CCCC3)cc2[N+](=O)[O-])cc1. The van der Waals surface area contributed by atoms with Gasteiger partial charge in [0.25, 0.3) is 5.69 Å². The highest BCUT2D eigenvalue weighted by Gasteiger charge is 2.29. The van der Waals surface area contributed by atoms with Crippen LogP contribution < -0.4 is 5.32 Å². The van der Waals surface area contributed by atoms with E-state index >= 15 is 0 Å². The van der Waals surface area contributed by atoms with E-state index in [0.717, 1.165) is 24.5 Å². The Morgan fingerprint density at radius 1 is 1.08 bits per heavy atom. The summed E-state index contributed by atoms with van der Waals surface area (Å²) in [6.45, 7) is 2.86. The third-order valence-electron chi connectivity index (χ3n) is 4.20. The van der Waals surface area contributed by atoms with Gasteiger partial charge >= 0.3 is 0 Å². The molecular weight excluding hydrogens is 342 g/mol. The average Bonchev–Trinajstić information content (AvgIpc) is 3.12. The second-order valence-corrected chi connectivity index (χ2v) is 7.98. The van der Waals surface area contributed by atoms with Gasteiger partial charge in [-0.3, -0.25) is 10.1 Å². The van der Waals surface area contributed by atoms with Crippen LogP contribution in [0.3, 0.4) is 0 Å². The summed E-state index contributed by atoms with van der Waals surface area (Å²) in [7, 11) is -3.69. The van der Waals surface area contributed by atoms with Crippen LogP contribution in [0, 0.1) is 17.0 Å². The van der Waals surface area contributed by atoms with E-state index < -0.39 is 14.9 Å². The number of nitrogens with zero attached hydrogens (tertiary/aromatic N) is 2. The molecule has 132 valence electrons. The summed E-state index contributed by atoms with van der Waals surface area (Å²) in [4.78, 5) is 10.8. The maximum absolute atomic E-state index is 12.6. The summed E-state index contributed by atoms with van der Waals surface area (Å²) in [5.41, 5.74) is 1.77. The van der Waals surface area contributed by atoms with Gasteiger partial charge in [0.05, 0.1) is 9.82 Å². The molecule has 0 amide bonds. The molecule has 0 saturated carbocycles. The molecule has 0 unspecified atom stereocenters. The van der Waals surface area contributed by atoms with Crippen molar-refractivity contribution in [1.82, 2.24) is 4.31 Å². The number of hydrogen-bond donors (Lipinski definition) is 1. The highest BCUT2D eigenvalue weighted by molar-refractivity contribution is 7.89. The molecule has 25 heavy (non-hydrogen) atoms. The van der Waals surface area contributed by atoms with Gasteiger partial charge in [0.15, 0.2) is 0 Å². The Balaban J connectivity index is 1.95. The summed E-state index contributed by atoms with van der Waals surface area (Å²) in [6.07, 6.45) is 1.63. The van der Waals surface area contributed by atoms with Gasteiger partial charge in [0, 0.05) is 24.8 Å². The van der Waals surface area contributed by atoms with Crippen LogP contribution in [-0.2, 0) is 10.0 Å². The minimum Gasteiger partial charge on any atom is -0.350 e. The summed E-state index contributed by atoms with van der Waals surface area (Å²) in [5.74, 6) is 0. The smallest absolute Gasteiger partial charge is 0.294 e. The standard InChI is InChI=1S/C17H19N3O4S/c1-13-4-6-14(7-5-13)18-16-9-8-15(12-17(16)20(21)22)25(23,24)19-10-2-3-11-19/h4-9,12,18H,2-3,10-11H2,1H3. The molecule has 7 nitrogen and oxygen atoms in total. The van der Waals surface area contributed by atoms with Gasteiger partial charge in [-0.15, -0.1) is 0 Å².